The molecule has 0 spiro atoms. The summed E-state index contributed by atoms with van der Waals surface area (Å²) in [6.07, 6.45) is 9.20. The van der Waals surface area contributed by atoms with Crippen LogP contribution in [0.25, 0.3) is 11.3 Å². The molecule has 34 heavy (non-hydrogen) atoms. The molecular formula is C26H28N4O4. The Morgan fingerprint density at radius 2 is 1.82 bits per heavy atom. The van der Waals surface area contributed by atoms with Gasteiger partial charge in [-0.2, -0.15) is 0 Å². The number of fused-ring (bicyclic) bond motifs is 2. The van der Waals surface area contributed by atoms with Crippen LogP contribution < -0.4 is 4.90 Å². The number of carboxylic acids is 1. The Labute approximate surface area is 198 Å². The van der Waals surface area contributed by atoms with Crippen LogP contribution in [-0.2, 0) is 11.3 Å². The number of nitrogens with zero attached hydrogens (tertiary/aromatic N) is 4. The maximum atomic E-state index is 11.1. The molecule has 8 nitrogen and oxygen atoms in total. The molecule has 2 bridgehead atoms. The number of benzene rings is 1. The molecule has 0 radical (unpaired) electrons. The van der Waals surface area contributed by atoms with Crippen LogP contribution >= 0.6 is 0 Å². The molecule has 3 aliphatic rings. The molecular weight excluding hydrogens is 432 g/mol. The maximum Gasteiger partial charge on any atom is 0.338 e. The predicted octanol–water partition coefficient (Wildman–Crippen LogP) is 4.73. The van der Waals surface area contributed by atoms with Gasteiger partial charge in [0.15, 0.2) is 0 Å². The molecule has 2 aromatic heterocycles. The highest BCUT2D eigenvalue weighted by molar-refractivity contribution is 5.86. The first kappa shape index (κ1) is 21.3. The minimum absolute atomic E-state index is 0.110. The van der Waals surface area contributed by atoms with E-state index in [1.165, 1.54) is 18.0 Å². The lowest BCUT2D eigenvalue weighted by Crippen LogP contribution is -2.46. The fraction of sp³-hybridized carbons (Fsp3) is 0.462. The summed E-state index contributed by atoms with van der Waals surface area (Å²) in [6.45, 7) is 2.61. The van der Waals surface area contributed by atoms with Crippen LogP contribution in [0.2, 0.25) is 0 Å². The molecule has 1 aromatic carbocycles. The van der Waals surface area contributed by atoms with Crippen LogP contribution in [0.1, 0.15) is 71.7 Å². The monoisotopic (exact) mass is 460 g/mol. The fourth-order valence-electron chi connectivity index (χ4n) is 5.53. The van der Waals surface area contributed by atoms with E-state index in [4.69, 9.17) is 14.4 Å². The van der Waals surface area contributed by atoms with Gasteiger partial charge in [-0.1, -0.05) is 29.4 Å². The third-order valence-corrected chi connectivity index (χ3v) is 7.44. The Morgan fingerprint density at radius 3 is 2.47 bits per heavy atom. The van der Waals surface area contributed by atoms with Crippen molar-refractivity contribution in [3.8, 4) is 11.3 Å². The zero-order chi connectivity index (χ0) is 23.2. The molecule has 2 unspecified atom stereocenters. The van der Waals surface area contributed by atoms with Crippen LogP contribution in [0.5, 0.6) is 0 Å². The Bertz CT molecular complexity index is 1190. The van der Waals surface area contributed by atoms with E-state index in [2.05, 4.69) is 39.1 Å². The van der Waals surface area contributed by atoms with Gasteiger partial charge in [0.25, 0.3) is 0 Å². The number of carboxylic acid groups (broad SMARTS) is 1. The van der Waals surface area contributed by atoms with Crippen LogP contribution in [0.4, 0.5) is 5.95 Å². The smallest absolute Gasteiger partial charge is 0.338 e. The maximum absolute atomic E-state index is 11.1. The summed E-state index contributed by atoms with van der Waals surface area (Å²) >= 11 is 0. The Kier molecular flexibility index (Phi) is 5.32. The van der Waals surface area contributed by atoms with Gasteiger partial charge in [0.05, 0.1) is 18.3 Å². The van der Waals surface area contributed by atoms with Crippen molar-refractivity contribution in [3.63, 3.8) is 0 Å². The Morgan fingerprint density at radius 1 is 1.12 bits per heavy atom. The second-order valence-corrected chi connectivity index (χ2v) is 9.74. The van der Waals surface area contributed by atoms with Crippen molar-refractivity contribution >= 4 is 11.9 Å². The van der Waals surface area contributed by atoms with Gasteiger partial charge in [0.2, 0.25) is 5.95 Å². The molecule has 3 fully saturated rings. The van der Waals surface area contributed by atoms with E-state index in [-0.39, 0.29) is 11.7 Å². The van der Waals surface area contributed by atoms with Crippen LogP contribution in [0, 0.1) is 6.92 Å². The number of hydrogen-bond acceptors (Lipinski definition) is 7. The minimum atomic E-state index is -1.01. The molecule has 0 amide bonds. The first-order valence-electron chi connectivity index (χ1n) is 12.1. The number of aryl methyl sites for hydroxylation is 1. The largest absolute Gasteiger partial charge is 0.478 e. The average Bonchev–Trinajstić information content (AvgIpc) is 3.55. The number of ether oxygens (including phenoxy) is 1. The number of anilines is 1. The molecule has 1 aliphatic carbocycles. The van der Waals surface area contributed by atoms with Gasteiger partial charge in [-0.25, -0.2) is 14.8 Å². The first-order valence-corrected chi connectivity index (χ1v) is 12.1. The Hall–Kier alpha value is -3.26. The summed E-state index contributed by atoms with van der Waals surface area (Å²) in [5.74, 6) is 1.07. The number of aromatic carboxylic acids is 1. The normalized spacial score (nSPS) is 23.9. The number of piperidine rings is 1. The van der Waals surface area contributed by atoms with E-state index in [0.717, 1.165) is 61.1 Å². The van der Waals surface area contributed by atoms with Crippen LogP contribution in [0.15, 0.2) is 41.2 Å². The van der Waals surface area contributed by atoms with E-state index in [0.29, 0.717) is 30.6 Å². The summed E-state index contributed by atoms with van der Waals surface area (Å²) in [7, 11) is 0. The minimum Gasteiger partial charge on any atom is -0.478 e. The number of hydrogen-bond donors (Lipinski definition) is 1. The molecule has 8 heteroatoms. The molecule has 3 atom stereocenters. The quantitative estimate of drug-likeness (QED) is 0.540. The van der Waals surface area contributed by atoms with E-state index in [9.17, 15) is 4.79 Å². The lowest BCUT2D eigenvalue weighted by atomic mass is 9.99. The van der Waals surface area contributed by atoms with Gasteiger partial charge in [0, 0.05) is 41.5 Å². The van der Waals surface area contributed by atoms with E-state index in [1.54, 1.807) is 0 Å². The van der Waals surface area contributed by atoms with Crippen molar-refractivity contribution in [1.82, 2.24) is 15.1 Å². The van der Waals surface area contributed by atoms with Crippen molar-refractivity contribution in [3.05, 3.63) is 59.1 Å². The van der Waals surface area contributed by atoms with Crippen molar-refractivity contribution in [1.29, 1.82) is 0 Å². The predicted molar refractivity (Wildman–Crippen MR) is 125 cm³/mol. The van der Waals surface area contributed by atoms with Gasteiger partial charge >= 0.3 is 5.97 Å². The first-order chi connectivity index (χ1) is 16.6. The van der Waals surface area contributed by atoms with Crippen molar-refractivity contribution in [2.45, 2.75) is 76.2 Å². The zero-order valence-corrected chi connectivity index (χ0v) is 19.2. The molecule has 1 N–H and O–H groups in total. The van der Waals surface area contributed by atoms with E-state index < -0.39 is 5.97 Å². The SMILES string of the molecule is Cc1ccccc1-c1noc(C2CC2)c1COC1CC2CC[C@@H](C1)N2c1ncc(C(=O)O)cn1. The van der Waals surface area contributed by atoms with E-state index in [1.807, 2.05) is 12.1 Å². The second kappa shape index (κ2) is 8.51. The van der Waals surface area contributed by atoms with Gasteiger partial charge in [-0.05, 0) is 51.0 Å². The number of aromatic nitrogens is 3. The van der Waals surface area contributed by atoms with Gasteiger partial charge in [0.1, 0.15) is 11.5 Å². The summed E-state index contributed by atoms with van der Waals surface area (Å²) in [6, 6.07) is 8.89. The molecule has 2 aliphatic heterocycles. The number of rotatable bonds is 7. The summed E-state index contributed by atoms with van der Waals surface area (Å²) in [5, 5.41) is 13.6. The summed E-state index contributed by atoms with van der Waals surface area (Å²) in [5.41, 5.74) is 4.40. The topological polar surface area (TPSA) is 102 Å². The molecule has 3 aromatic rings. The second-order valence-electron chi connectivity index (χ2n) is 9.74. The molecule has 6 rings (SSSR count). The summed E-state index contributed by atoms with van der Waals surface area (Å²) < 4.78 is 12.3. The lowest BCUT2D eigenvalue weighted by molar-refractivity contribution is 0.0144. The molecule has 4 heterocycles. The number of carbonyl (C=O) groups is 1. The van der Waals surface area contributed by atoms with Crippen molar-refractivity contribution < 1.29 is 19.2 Å². The molecule has 1 saturated carbocycles. The van der Waals surface area contributed by atoms with Crippen LogP contribution in [-0.4, -0.2) is 44.4 Å². The van der Waals surface area contributed by atoms with Gasteiger partial charge in [-0.3, -0.25) is 0 Å². The lowest BCUT2D eigenvalue weighted by Gasteiger charge is -2.38. The van der Waals surface area contributed by atoms with Gasteiger partial charge in [-0.15, -0.1) is 0 Å². The summed E-state index contributed by atoms with van der Waals surface area (Å²) in [4.78, 5) is 22.1. The molecule has 2 saturated heterocycles. The highest BCUT2D eigenvalue weighted by atomic mass is 16.5. The molecule has 176 valence electrons. The van der Waals surface area contributed by atoms with E-state index >= 15 is 0 Å². The standard InChI is InChI=1S/C26H28N4O4/c1-15-4-2-3-5-21(15)23-22(24(34-29-23)16-6-7-16)14-33-20-10-18-8-9-19(11-20)30(18)26-27-12-17(13-28-26)25(31)32/h2-5,12-13,16,18-20H,6-11,14H2,1H3,(H,31,32)/t18-,19?,20?/m0/s1. The Balaban J connectivity index is 1.18. The highest BCUT2D eigenvalue weighted by Gasteiger charge is 2.43. The third-order valence-electron chi connectivity index (χ3n) is 7.44. The zero-order valence-electron chi connectivity index (χ0n) is 19.2. The van der Waals surface area contributed by atoms with Gasteiger partial charge < -0.3 is 19.3 Å². The third kappa shape index (κ3) is 3.86. The highest BCUT2D eigenvalue weighted by Crippen LogP contribution is 2.45. The van der Waals surface area contributed by atoms with Crippen LogP contribution in [0.3, 0.4) is 0 Å². The average molecular weight is 461 g/mol. The fourth-order valence-corrected chi connectivity index (χ4v) is 5.53. The van der Waals surface area contributed by atoms with Crippen molar-refractivity contribution in [2.75, 3.05) is 4.90 Å². The van der Waals surface area contributed by atoms with Crippen molar-refractivity contribution in [2.24, 2.45) is 0 Å².